The zero-order valence-corrected chi connectivity index (χ0v) is 19.0. The Kier molecular flexibility index (Phi) is 5.91. The molecule has 2 aliphatic rings. The zero-order valence-electron chi connectivity index (χ0n) is 19.0. The summed E-state index contributed by atoms with van der Waals surface area (Å²) in [6, 6.07) is 11.4. The number of hydrogen-bond donors (Lipinski definition) is 1. The summed E-state index contributed by atoms with van der Waals surface area (Å²) >= 11 is 0. The maximum atomic E-state index is 14.1. The fourth-order valence-corrected chi connectivity index (χ4v) is 4.51. The Labute approximate surface area is 188 Å². The molecule has 1 N–H and O–H groups in total. The zero-order chi connectivity index (χ0) is 23.0. The van der Waals surface area contributed by atoms with Gasteiger partial charge in [-0.3, -0.25) is 4.79 Å². The number of ether oxygens (including phenoxy) is 1. The second-order valence-corrected chi connectivity index (χ2v) is 9.32. The van der Waals surface area contributed by atoms with E-state index in [-0.39, 0.29) is 23.6 Å². The largest absolute Gasteiger partial charge is 0.458 e. The van der Waals surface area contributed by atoms with Gasteiger partial charge in [0.2, 0.25) is 0 Å². The third-order valence-corrected chi connectivity index (χ3v) is 6.34. The van der Waals surface area contributed by atoms with Crippen molar-refractivity contribution in [2.75, 3.05) is 0 Å². The van der Waals surface area contributed by atoms with Crippen LogP contribution in [0.25, 0.3) is 11.6 Å². The maximum absolute atomic E-state index is 14.1. The number of esters is 1. The van der Waals surface area contributed by atoms with Crippen LogP contribution < -0.4 is 0 Å². The van der Waals surface area contributed by atoms with Crippen molar-refractivity contribution in [3.63, 3.8) is 0 Å². The highest BCUT2D eigenvalue weighted by Crippen LogP contribution is 2.44. The predicted molar refractivity (Wildman–Crippen MR) is 125 cm³/mol. The summed E-state index contributed by atoms with van der Waals surface area (Å²) in [6.45, 7) is 8.15. The van der Waals surface area contributed by atoms with Crippen molar-refractivity contribution in [2.24, 2.45) is 5.41 Å². The summed E-state index contributed by atoms with van der Waals surface area (Å²) < 4.78 is 19.5. The van der Waals surface area contributed by atoms with Gasteiger partial charge in [-0.2, -0.15) is 0 Å². The number of fused-ring (bicyclic) bond motifs is 1. The van der Waals surface area contributed by atoms with Gasteiger partial charge in [0, 0.05) is 11.8 Å². The molecule has 2 aromatic carbocycles. The third-order valence-electron chi connectivity index (χ3n) is 6.34. The molecule has 0 unspecified atom stereocenters. The molecule has 166 valence electrons. The standard InChI is InChI=1S/C28H29FO3/c1-17-6-5-7-23-22(17)12-13-28(3,4)24(10-9-21-15-20(30)16-26(31)32-21)27(23)19-8-11-25(29)18(2)14-19/h5-14,20-21,30H,15-16H2,1-4H3/t20-,21-/m1/s1. The summed E-state index contributed by atoms with van der Waals surface area (Å²) in [7, 11) is 0. The number of rotatable bonds is 3. The van der Waals surface area contributed by atoms with Crippen molar-refractivity contribution in [1.82, 2.24) is 0 Å². The lowest BCUT2D eigenvalue weighted by Crippen LogP contribution is -2.31. The van der Waals surface area contributed by atoms with Crippen LogP contribution in [0, 0.1) is 25.1 Å². The number of allylic oxidation sites excluding steroid dienone is 3. The maximum Gasteiger partial charge on any atom is 0.309 e. The average molecular weight is 433 g/mol. The second kappa shape index (κ2) is 8.51. The summed E-state index contributed by atoms with van der Waals surface area (Å²) in [6.07, 6.45) is 7.46. The summed E-state index contributed by atoms with van der Waals surface area (Å²) in [5.74, 6) is -0.618. The lowest BCUT2D eigenvalue weighted by Gasteiger charge is -2.27. The van der Waals surface area contributed by atoms with Crippen LogP contribution in [0.15, 0.2) is 60.2 Å². The van der Waals surface area contributed by atoms with Crippen LogP contribution >= 0.6 is 0 Å². The Morgan fingerprint density at radius 2 is 1.94 bits per heavy atom. The van der Waals surface area contributed by atoms with Gasteiger partial charge in [0.25, 0.3) is 0 Å². The van der Waals surface area contributed by atoms with Gasteiger partial charge in [-0.15, -0.1) is 0 Å². The SMILES string of the molecule is Cc1cc(C2=C(C=C[C@@H]3C[C@@H](O)CC(=O)O3)C(C)(C)C=Cc3c(C)cccc32)ccc1F. The Morgan fingerprint density at radius 1 is 1.16 bits per heavy atom. The van der Waals surface area contributed by atoms with E-state index in [0.29, 0.717) is 12.0 Å². The molecule has 2 aromatic rings. The number of carbonyl (C=O) groups excluding carboxylic acids is 1. The molecule has 2 atom stereocenters. The second-order valence-electron chi connectivity index (χ2n) is 9.32. The monoisotopic (exact) mass is 432 g/mol. The van der Waals surface area contributed by atoms with Gasteiger partial charge in [0.05, 0.1) is 12.5 Å². The van der Waals surface area contributed by atoms with Gasteiger partial charge in [0.15, 0.2) is 0 Å². The Morgan fingerprint density at radius 3 is 2.66 bits per heavy atom. The van der Waals surface area contributed by atoms with Gasteiger partial charge in [0.1, 0.15) is 11.9 Å². The normalized spacial score (nSPS) is 22.6. The smallest absolute Gasteiger partial charge is 0.309 e. The van der Waals surface area contributed by atoms with Gasteiger partial charge in [-0.05, 0) is 71.0 Å². The van der Waals surface area contributed by atoms with E-state index in [0.717, 1.165) is 27.8 Å². The molecule has 0 aromatic heterocycles. The van der Waals surface area contributed by atoms with Crippen LogP contribution in [0.2, 0.25) is 0 Å². The van der Waals surface area contributed by atoms with Gasteiger partial charge in [-0.25, -0.2) is 4.39 Å². The minimum Gasteiger partial charge on any atom is -0.458 e. The number of benzene rings is 2. The van der Waals surface area contributed by atoms with E-state index >= 15 is 0 Å². The lowest BCUT2D eigenvalue weighted by molar-refractivity contribution is -0.156. The fourth-order valence-electron chi connectivity index (χ4n) is 4.51. The van der Waals surface area contributed by atoms with Crippen molar-refractivity contribution in [3.05, 3.63) is 93.8 Å². The van der Waals surface area contributed by atoms with Crippen molar-refractivity contribution in [1.29, 1.82) is 0 Å². The number of aliphatic hydroxyl groups excluding tert-OH is 1. The van der Waals surface area contributed by atoms with E-state index in [4.69, 9.17) is 4.74 Å². The third kappa shape index (κ3) is 4.33. The van der Waals surface area contributed by atoms with Gasteiger partial charge >= 0.3 is 5.97 Å². The minimum atomic E-state index is -0.690. The Bertz CT molecular complexity index is 1150. The molecule has 1 aliphatic heterocycles. The van der Waals surface area contributed by atoms with Crippen LogP contribution in [-0.4, -0.2) is 23.3 Å². The number of halogens is 1. The van der Waals surface area contributed by atoms with E-state index in [2.05, 4.69) is 45.1 Å². The molecule has 0 amide bonds. The molecule has 0 spiro atoms. The molecule has 1 heterocycles. The highest BCUT2D eigenvalue weighted by Gasteiger charge is 2.29. The first-order valence-electron chi connectivity index (χ1n) is 11.0. The topological polar surface area (TPSA) is 46.5 Å². The molecule has 1 aliphatic carbocycles. The van der Waals surface area contributed by atoms with Crippen LogP contribution in [0.4, 0.5) is 4.39 Å². The molecule has 4 heteroatoms. The first-order valence-corrected chi connectivity index (χ1v) is 11.0. The Hall–Kier alpha value is -2.98. The molecular formula is C28H29FO3. The van der Waals surface area contributed by atoms with Crippen molar-refractivity contribution < 1.29 is 19.0 Å². The van der Waals surface area contributed by atoms with Crippen LogP contribution in [-0.2, 0) is 9.53 Å². The minimum absolute atomic E-state index is 0.0357. The quantitative estimate of drug-likeness (QED) is 0.613. The van der Waals surface area contributed by atoms with Crippen molar-refractivity contribution in [2.45, 2.75) is 52.7 Å². The highest BCUT2D eigenvalue weighted by atomic mass is 19.1. The summed E-state index contributed by atoms with van der Waals surface area (Å²) in [4.78, 5) is 11.8. The number of aryl methyl sites for hydroxylation is 2. The molecule has 32 heavy (non-hydrogen) atoms. The van der Waals surface area contributed by atoms with Crippen LogP contribution in [0.3, 0.4) is 0 Å². The predicted octanol–water partition coefficient (Wildman–Crippen LogP) is 5.92. The number of aliphatic hydroxyl groups is 1. The molecule has 1 saturated heterocycles. The van der Waals surface area contributed by atoms with E-state index < -0.39 is 12.2 Å². The number of cyclic esters (lactones) is 1. The molecule has 1 fully saturated rings. The number of hydrogen-bond acceptors (Lipinski definition) is 3. The van der Waals surface area contributed by atoms with Crippen molar-refractivity contribution >= 4 is 17.6 Å². The summed E-state index contributed by atoms with van der Waals surface area (Å²) in [5.41, 5.74) is 6.65. The highest BCUT2D eigenvalue weighted by molar-refractivity contribution is 5.90. The summed E-state index contributed by atoms with van der Waals surface area (Å²) in [5, 5.41) is 9.99. The lowest BCUT2D eigenvalue weighted by atomic mass is 9.78. The molecule has 0 bridgehead atoms. The molecule has 0 saturated carbocycles. The number of carbonyl (C=O) groups is 1. The molecule has 0 radical (unpaired) electrons. The van der Waals surface area contributed by atoms with E-state index in [9.17, 15) is 14.3 Å². The average Bonchev–Trinajstić information content (AvgIpc) is 2.82. The van der Waals surface area contributed by atoms with Crippen LogP contribution in [0.1, 0.15) is 54.5 Å². The van der Waals surface area contributed by atoms with E-state index in [1.165, 1.54) is 11.6 Å². The van der Waals surface area contributed by atoms with Gasteiger partial charge < -0.3 is 9.84 Å². The van der Waals surface area contributed by atoms with Gasteiger partial charge in [-0.1, -0.05) is 56.3 Å². The molecule has 3 nitrogen and oxygen atoms in total. The van der Waals surface area contributed by atoms with E-state index in [1.807, 2.05) is 30.4 Å². The molecule has 4 rings (SSSR count). The molecular weight excluding hydrogens is 403 g/mol. The van der Waals surface area contributed by atoms with E-state index in [1.54, 1.807) is 6.92 Å². The van der Waals surface area contributed by atoms with Crippen LogP contribution in [0.5, 0.6) is 0 Å². The first kappa shape index (κ1) is 22.2. The first-order chi connectivity index (χ1) is 15.2. The van der Waals surface area contributed by atoms with Crippen molar-refractivity contribution in [3.8, 4) is 0 Å². The Balaban J connectivity index is 1.94. The fraction of sp³-hybridized carbons (Fsp3) is 0.321.